The summed E-state index contributed by atoms with van der Waals surface area (Å²) in [5.41, 5.74) is 1.73. The highest BCUT2D eigenvalue weighted by atomic mass is 16.5. The van der Waals surface area contributed by atoms with Gasteiger partial charge >= 0.3 is 11.9 Å². The maximum absolute atomic E-state index is 11.6. The standard InChI is InChI=1S/C13H16O4/c1-4-9-8-10(12(14)16-3)6-7-11(9)13(15)17-5-2/h6-8H,4-5H2,1-3H3. The minimum absolute atomic E-state index is 0.334. The van der Waals surface area contributed by atoms with Crippen molar-refractivity contribution in [2.75, 3.05) is 13.7 Å². The van der Waals surface area contributed by atoms with E-state index in [4.69, 9.17) is 4.74 Å². The van der Waals surface area contributed by atoms with Crippen LogP contribution >= 0.6 is 0 Å². The average molecular weight is 236 g/mol. The Kier molecular flexibility index (Phi) is 4.69. The van der Waals surface area contributed by atoms with E-state index in [2.05, 4.69) is 4.74 Å². The molecule has 0 saturated carbocycles. The maximum atomic E-state index is 11.6. The van der Waals surface area contributed by atoms with Gasteiger partial charge in [0, 0.05) is 0 Å². The quantitative estimate of drug-likeness (QED) is 0.752. The molecule has 92 valence electrons. The number of aryl methyl sites for hydroxylation is 1. The van der Waals surface area contributed by atoms with Crippen LogP contribution in [-0.2, 0) is 15.9 Å². The molecule has 0 saturated heterocycles. The first-order valence-corrected chi connectivity index (χ1v) is 5.52. The average Bonchev–Trinajstić information content (AvgIpc) is 2.37. The molecule has 17 heavy (non-hydrogen) atoms. The van der Waals surface area contributed by atoms with Crippen molar-refractivity contribution in [3.05, 3.63) is 34.9 Å². The summed E-state index contributed by atoms with van der Waals surface area (Å²) in [7, 11) is 1.33. The first-order chi connectivity index (χ1) is 8.13. The molecule has 0 bridgehead atoms. The third-order valence-electron chi connectivity index (χ3n) is 2.40. The van der Waals surface area contributed by atoms with Crippen molar-refractivity contribution < 1.29 is 19.1 Å². The number of hydrogen-bond donors (Lipinski definition) is 0. The summed E-state index contributed by atoms with van der Waals surface area (Å²) in [6.45, 7) is 4.01. The highest BCUT2D eigenvalue weighted by Crippen LogP contribution is 2.15. The van der Waals surface area contributed by atoms with Gasteiger partial charge in [-0.3, -0.25) is 0 Å². The predicted molar refractivity (Wildman–Crippen MR) is 63.1 cm³/mol. The van der Waals surface area contributed by atoms with Gasteiger partial charge in [0.25, 0.3) is 0 Å². The summed E-state index contributed by atoms with van der Waals surface area (Å²) >= 11 is 0. The molecular formula is C13H16O4. The van der Waals surface area contributed by atoms with E-state index < -0.39 is 5.97 Å². The minimum Gasteiger partial charge on any atom is -0.465 e. The Labute approximate surface area is 101 Å². The van der Waals surface area contributed by atoms with Crippen LogP contribution in [0.25, 0.3) is 0 Å². The molecule has 0 aliphatic carbocycles. The van der Waals surface area contributed by atoms with Gasteiger partial charge in [0.05, 0.1) is 24.8 Å². The topological polar surface area (TPSA) is 52.6 Å². The summed E-state index contributed by atoms with van der Waals surface area (Å²) in [6.07, 6.45) is 0.652. The fourth-order valence-corrected chi connectivity index (χ4v) is 1.54. The van der Waals surface area contributed by atoms with E-state index in [9.17, 15) is 9.59 Å². The van der Waals surface area contributed by atoms with Crippen molar-refractivity contribution in [3.63, 3.8) is 0 Å². The number of benzene rings is 1. The second kappa shape index (κ2) is 6.03. The van der Waals surface area contributed by atoms with Crippen molar-refractivity contribution >= 4 is 11.9 Å². The molecule has 0 aliphatic rings. The zero-order valence-electron chi connectivity index (χ0n) is 10.3. The van der Waals surface area contributed by atoms with Gasteiger partial charge in [-0.25, -0.2) is 9.59 Å². The first kappa shape index (κ1) is 13.2. The van der Waals surface area contributed by atoms with Crippen molar-refractivity contribution in [1.82, 2.24) is 0 Å². The lowest BCUT2D eigenvalue weighted by Crippen LogP contribution is -2.10. The lowest BCUT2D eigenvalue weighted by atomic mass is 10.0. The molecule has 1 aromatic rings. The fraction of sp³-hybridized carbons (Fsp3) is 0.385. The number of carbonyl (C=O) groups is 2. The largest absolute Gasteiger partial charge is 0.465 e. The van der Waals surface area contributed by atoms with Crippen LogP contribution in [0.2, 0.25) is 0 Å². The SMILES string of the molecule is CCOC(=O)c1ccc(C(=O)OC)cc1CC. The normalized spacial score (nSPS) is 9.82. The van der Waals surface area contributed by atoms with Gasteiger partial charge in [0.1, 0.15) is 0 Å². The third-order valence-corrected chi connectivity index (χ3v) is 2.40. The number of carbonyl (C=O) groups excluding carboxylic acids is 2. The van der Waals surface area contributed by atoms with E-state index in [1.165, 1.54) is 7.11 Å². The van der Waals surface area contributed by atoms with Crippen molar-refractivity contribution in [1.29, 1.82) is 0 Å². The number of esters is 2. The molecule has 0 spiro atoms. The van der Waals surface area contributed by atoms with Gasteiger partial charge in [-0.05, 0) is 37.1 Å². The molecule has 0 fully saturated rings. The molecular weight excluding hydrogens is 220 g/mol. The van der Waals surface area contributed by atoms with Crippen LogP contribution < -0.4 is 0 Å². The lowest BCUT2D eigenvalue weighted by Gasteiger charge is -2.08. The monoisotopic (exact) mass is 236 g/mol. The summed E-state index contributed by atoms with van der Waals surface area (Å²) in [4.78, 5) is 23.0. The van der Waals surface area contributed by atoms with E-state index in [0.717, 1.165) is 5.56 Å². The number of rotatable bonds is 4. The van der Waals surface area contributed by atoms with E-state index in [1.807, 2.05) is 6.92 Å². The zero-order chi connectivity index (χ0) is 12.8. The molecule has 4 nitrogen and oxygen atoms in total. The van der Waals surface area contributed by atoms with E-state index >= 15 is 0 Å². The highest BCUT2D eigenvalue weighted by Gasteiger charge is 2.14. The fourth-order valence-electron chi connectivity index (χ4n) is 1.54. The van der Waals surface area contributed by atoms with Crippen LogP contribution in [-0.4, -0.2) is 25.7 Å². The van der Waals surface area contributed by atoms with E-state index in [0.29, 0.717) is 24.2 Å². The van der Waals surface area contributed by atoms with Crippen LogP contribution in [0.4, 0.5) is 0 Å². The molecule has 0 atom stereocenters. The van der Waals surface area contributed by atoms with Crippen molar-refractivity contribution in [2.24, 2.45) is 0 Å². The predicted octanol–water partition coefficient (Wildman–Crippen LogP) is 2.21. The van der Waals surface area contributed by atoms with Gasteiger partial charge in [-0.1, -0.05) is 6.92 Å². The molecule has 1 rings (SSSR count). The van der Waals surface area contributed by atoms with Gasteiger partial charge < -0.3 is 9.47 Å². The molecule has 0 amide bonds. The number of ether oxygens (including phenoxy) is 2. The Morgan fingerprint density at radius 2 is 1.88 bits per heavy atom. The van der Waals surface area contributed by atoms with E-state index in [1.54, 1.807) is 25.1 Å². The minimum atomic E-state index is -0.407. The first-order valence-electron chi connectivity index (χ1n) is 5.52. The van der Waals surface area contributed by atoms with E-state index in [-0.39, 0.29) is 5.97 Å². The Hall–Kier alpha value is -1.84. The van der Waals surface area contributed by atoms with Crippen LogP contribution in [0.5, 0.6) is 0 Å². The maximum Gasteiger partial charge on any atom is 0.338 e. The van der Waals surface area contributed by atoms with Gasteiger partial charge in [-0.15, -0.1) is 0 Å². The van der Waals surface area contributed by atoms with Crippen molar-refractivity contribution in [3.8, 4) is 0 Å². The molecule has 4 heteroatoms. The molecule has 0 heterocycles. The molecule has 0 aliphatic heterocycles. The Morgan fingerprint density at radius 1 is 1.18 bits per heavy atom. The van der Waals surface area contributed by atoms with Crippen LogP contribution in [0.15, 0.2) is 18.2 Å². The molecule has 1 aromatic carbocycles. The molecule has 0 radical (unpaired) electrons. The summed E-state index contributed by atoms with van der Waals surface area (Å²) in [6, 6.07) is 4.83. The molecule has 0 aromatic heterocycles. The summed E-state index contributed by atoms with van der Waals surface area (Å²) < 4.78 is 9.57. The Bertz CT molecular complexity index is 423. The van der Waals surface area contributed by atoms with Crippen molar-refractivity contribution in [2.45, 2.75) is 20.3 Å². The summed E-state index contributed by atoms with van der Waals surface area (Å²) in [5, 5.41) is 0. The molecule has 0 unspecified atom stereocenters. The lowest BCUT2D eigenvalue weighted by molar-refractivity contribution is 0.0522. The zero-order valence-corrected chi connectivity index (χ0v) is 10.3. The van der Waals surface area contributed by atoms with Crippen LogP contribution in [0.1, 0.15) is 40.1 Å². The number of methoxy groups -OCH3 is 1. The Balaban J connectivity index is 3.09. The molecule has 0 N–H and O–H groups in total. The second-order valence-electron chi connectivity index (χ2n) is 3.44. The highest BCUT2D eigenvalue weighted by molar-refractivity contribution is 5.94. The summed E-state index contributed by atoms with van der Waals surface area (Å²) in [5.74, 6) is -0.768. The van der Waals surface area contributed by atoms with Crippen LogP contribution in [0, 0.1) is 0 Å². The Morgan fingerprint density at radius 3 is 2.41 bits per heavy atom. The smallest absolute Gasteiger partial charge is 0.338 e. The van der Waals surface area contributed by atoms with Gasteiger partial charge in [-0.2, -0.15) is 0 Å². The second-order valence-corrected chi connectivity index (χ2v) is 3.44. The van der Waals surface area contributed by atoms with Crippen LogP contribution in [0.3, 0.4) is 0 Å². The third kappa shape index (κ3) is 3.06. The van der Waals surface area contributed by atoms with Gasteiger partial charge in [0.2, 0.25) is 0 Å². The van der Waals surface area contributed by atoms with Gasteiger partial charge in [0.15, 0.2) is 0 Å². The number of hydrogen-bond acceptors (Lipinski definition) is 4.